The van der Waals surface area contributed by atoms with Crippen molar-refractivity contribution in [3.63, 3.8) is 0 Å². The quantitative estimate of drug-likeness (QED) is 0.523. The molecule has 1 unspecified atom stereocenters. The number of rotatable bonds is 8. The third-order valence-corrected chi connectivity index (χ3v) is 4.84. The first kappa shape index (κ1) is 23.6. The minimum absolute atomic E-state index is 0.0797. The lowest BCUT2D eigenvalue weighted by atomic mass is 10.2. The number of hydrogen-bond donors (Lipinski definition) is 3. The first-order valence-electron chi connectivity index (χ1n) is 10.6. The molecule has 3 N–H and O–H groups in total. The topological polar surface area (TPSA) is 102 Å². The van der Waals surface area contributed by atoms with Crippen LogP contribution in [-0.2, 0) is 14.3 Å². The van der Waals surface area contributed by atoms with Crippen molar-refractivity contribution < 1.29 is 19.1 Å². The molecule has 0 saturated carbocycles. The number of para-hydroxylation sites is 1. The predicted octanol–water partition coefficient (Wildman–Crippen LogP) is 4.21. The Morgan fingerprint density at radius 1 is 1.21 bits per heavy atom. The Morgan fingerprint density at radius 2 is 2.03 bits per heavy atom. The van der Waals surface area contributed by atoms with E-state index in [2.05, 4.69) is 20.9 Å². The van der Waals surface area contributed by atoms with Crippen LogP contribution in [0.2, 0.25) is 0 Å². The van der Waals surface area contributed by atoms with Crippen LogP contribution in [0.1, 0.15) is 29.3 Å². The van der Waals surface area contributed by atoms with Gasteiger partial charge < -0.3 is 25.4 Å². The Hall–Kier alpha value is -4.07. The number of aromatic nitrogens is 1. The van der Waals surface area contributed by atoms with Gasteiger partial charge in [-0.05, 0) is 37.6 Å². The van der Waals surface area contributed by atoms with E-state index in [4.69, 9.17) is 9.47 Å². The monoisotopic (exact) mass is 448 g/mol. The molecular weight excluding hydrogens is 420 g/mol. The number of allylic oxidation sites excluding steroid dienone is 4. The van der Waals surface area contributed by atoms with Crippen LogP contribution >= 0.6 is 0 Å². The van der Waals surface area contributed by atoms with Gasteiger partial charge in [0.2, 0.25) is 5.91 Å². The molecule has 1 aliphatic heterocycles. The van der Waals surface area contributed by atoms with Crippen molar-refractivity contribution in [3.8, 4) is 0 Å². The van der Waals surface area contributed by atoms with Gasteiger partial charge in [0, 0.05) is 18.9 Å². The van der Waals surface area contributed by atoms with Gasteiger partial charge in [0.1, 0.15) is 19.0 Å². The third-order valence-electron chi connectivity index (χ3n) is 4.84. The zero-order valence-electron chi connectivity index (χ0n) is 18.9. The van der Waals surface area contributed by atoms with E-state index in [9.17, 15) is 9.59 Å². The van der Waals surface area contributed by atoms with Crippen LogP contribution in [-0.4, -0.2) is 36.6 Å². The summed E-state index contributed by atoms with van der Waals surface area (Å²) in [5, 5.41) is 8.64. The summed E-state index contributed by atoms with van der Waals surface area (Å²) < 4.78 is 11.3. The number of carbonyl (C=O) groups excluding carboxylic acids is 2. The number of benzene rings is 1. The Morgan fingerprint density at radius 3 is 2.73 bits per heavy atom. The van der Waals surface area contributed by atoms with Gasteiger partial charge in [0.15, 0.2) is 11.6 Å². The first-order chi connectivity index (χ1) is 16.0. The van der Waals surface area contributed by atoms with E-state index < -0.39 is 6.10 Å². The largest absolute Gasteiger partial charge is 0.490 e. The summed E-state index contributed by atoms with van der Waals surface area (Å²) in [6.45, 7) is 4.15. The molecule has 0 radical (unpaired) electrons. The second-order valence-electron chi connectivity index (χ2n) is 7.37. The van der Waals surface area contributed by atoms with Gasteiger partial charge in [0.25, 0.3) is 5.91 Å². The fourth-order valence-electron chi connectivity index (χ4n) is 3.06. The molecule has 33 heavy (non-hydrogen) atoms. The van der Waals surface area contributed by atoms with E-state index in [1.165, 1.54) is 19.5 Å². The summed E-state index contributed by atoms with van der Waals surface area (Å²) in [6.07, 6.45) is 10.0. The highest BCUT2D eigenvalue weighted by Crippen LogP contribution is 2.26. The van der Waals surface area contributed by atoms with Gasteiger partial charge in [-0.2, -0.15) is 0 Å². The molecule has 0 bridgehead atoms. The normalized spacial score (nSPS) is 15.5. The molecule has 0 fully saturated rings. The molecule has 1 aromatic carbocycles. The number of aryl methyl sites for hydroxylation is 1. The predicted molar refractivity (Wildman–Crippen MR) is 128 cm³/mol. The number of ether oxygens (including phenoxy) is 2. The Kier molecular flexibility index (Phi) is 8.24. The van der Waals surface area contributed by atoms with E-state index in [1.54, 1.807) is 12.1 Å². The van der Waals surface area contributed by atoms with Gasteiger partial charge in [-0.25, -0.2) is 4.98 Å². The molecule has 8 heteroatoms. The highest BCUT2D eigenvalue weighted by atomic mass is 16.6. The van der Waals surface area contributed by atoms with Crippen molar-refractivity contribution in [2.45, 2.75) is 26.4 Å². The summed E-state index contributed by atoms with van der Waals surface area (Å²) in [5.41, 5.74) is 2.60. The maximum Gasteiger partial charge on any atom is 0.252 e. The average molecular weight is 449 g/mol. The molecule has 8 nitrogen and oxygen atoms in total. The molecule has 172 valence electrons. The molecule has 2 amide bonds. The Labute approximate surface area is 193 Å². The van der Waals surface area contributed by atoms with Gasteiger partial charge in [-0.1, -0.05) is 36.4 Å². The zero-order chi connectivity index (χ0) is 23.6. The van der Waals surface area contributed by atoms with Crippen molar-refractivity contribution in [3.05, 3.63) is 84.0 Å². The fourth-order valence-corrected chi connectivity index (χ4v) is 3.06. The molecule has 0 aliphatic carbocycles. The minimum Gasteiger partial charge on any atom is -0.490 e. The lowest BCUT2D eigenvalue weighted by molar-refractivity contribution is -0.119. The molecule has 0 saturated heterocycles. The van der Waals surface area contributed by atoms with Crippen molar-refractivity contribution in [1.82, 2.24) is 10.3 Å². The second-order valence-corrected chi connectivity index (χ2v) is 7.37. The fraction of sp³-hybridized carbons (Fsp3) is 0.240. The third kappa shape index (κ3) is 6.70. The molecule has 1 atom stereocenters. The molecule has 3 rings (SSSR count). The van der Waals surface area contributed by atoms with Gasteiger partial charge in [0.05, 0.1) is 17.7 Å². The molecule has 0 spiro atoms. The van der Waals surface area contributed by atoms with Gasteiger partial charge in [-0.15, -0.1) is 0 Å². The van der Waals surface area contributed by atoms with Crippen LogP contribution in [0, 0.1) is 6.92 Å². The van der Waals surface area contributed by atoms with Crippen LogP contribution in [0.25, 0.3) is 0 Å². The van der Waals surface area contributed by atoms with E-state index >= 15 is 0 Å². The number of nitrogens with one attached hydrogen (secondary N) is 3. The zero-order valence-corrected chi connectivity index (χ0v) is 18.9. The Balaban J connectivity index is 1.72. The number of anilines is 3. The van der Waals surface area contributed by atoms with Crippen molar-refractivity contribution in [2.24, 2.45) is 0 Å². The van der Waals surface area contributed by atoms with Crippen LogP contribution in [0.3, 0.4) is 0 Å². The van der Waals surface area contributed by atoms with Crippen molar-refractivity contribution in [2.75, 3.05) is 24.3 Å². The number of carbonyl (C=O) groups is 2. The molecule has 2 aromatic rings. The standard InChI is InChI=1S/C25H28N4O4/c1-4-5-6-10-19-15-33-20(16-32-19)13-23(30)28-22-12-18(25(31)26-3)14-27-24(22)29-21-11-8-7-9-17(21)2/h4-12,14-15,20H,13,16H2,1-3H3,(H,26,31)(H,27,29)(H,28,30)/b5-4-,10-6-. The van der Waals surface area contributed by atoms with Crippen LogP contribution < -0.4 is 16.0 Å². The van der Waals surface area contributed by atoms with E-state index in [-0.39, 0.29) is 24.8 Å². The lowest BCUT2D eigenvalue weighted by Crippen LogP contribution is -2.28. The molecule has 1 aromatic heterocycles. The summed E-state index contributed by atoms with van der Waals surface area (Å²) >= 11 is 0. The second kappa shape index (κ2) is 11.5. The summed E-state index contributed by atoms with van der Waals surface area (Å²) in [4.78, 5) is 29.2. The molecule has 2 heterocycles. The van der Waals surface area contributed by atoms with Crippen molar-refractivity contribution in [1.29, 1.82) is 0 Å². The van der Waals surface area contributed by atoms with Gasteiger partial charge in [-0.3, -0.25) is 9.59 Å². The first-order valence-corrected chi connectivity index (χ1v) is 10.6. The summed E-state index contributed by atoms with van der Waals surface area (Å²) in [7, 11) is 1.54. The van der Waals surface area contributed by atoms with Crippen LogP contribution in [0.15, 0.2) is 72.9 Å². The molecule has 1 aliphatic rings. The van der Waals surface area contributed by atoms with E-state index in [0.717, 1.165) is 11.3 Å². The van der Waals surface area contributed by atoms with Gasteiger partial charge >= 0.3 is 0 Å². The van der Waals surface area contributed by atoms with E-state index in [0.29, 0.717) is 22.8 Å². The van der Waals surface area contributed by atoms with Crippen LogP contribution in [0.4, 0.5) is 17.2 Å². The highest BCUT2D eigenvalue weighted by Gasteiger charge is 2.21. The summed E-state index contributed by atoms with van der Waals surface area (Å²) in [6, 6.07) is 9.31. The SMILES string of the molecule is C/C=C\C=C/C1=COC(CC(=O)Nc2cc(C(=O)NC)cnc2Nc2ccccc2C)CO1. The van der Waals surface area contributed by atoms with Crippen LogP contribution in [0.5, 0.6) is 0 Å². The smallest absolute Gasteiger partial charge is 0.252 e. The van der Waals surface area contributed by atoms with Crippen molar-refractivity contribution >= 4 is 29.0 Å². The maximum atomic E-state index is 12.7. The number of hydrogen-bond acceptors (Lipinski definition) is 6. The average Bonchev–Trinajstić information content (AvgIpc) is 2.82. The number of amides is 2. The lowest BCUT2D eigenvalue weighted by Gasteiger charge is -2.22. The molecular formula is C25H28N4O4. The number of nitrogens with zero attached hydrogens (tertiary/aromatic N) is 1. The summed E-state index contributed by atoms with van der Waals surface area (Å²) in [5.74, 6) is 0.445. The van der Waals surface area contributed by atoms with E-state index in [1.807, 2.05) is 56.3 Å². The minimum atomic E-state index is -0.424. The highest BCUT2D eigenvalue weighted by molar-refractivity contribution is 5.99. The Bertz CT molecular complexity index is 1090. The maximum absolute atomic E-state index is 12.7. The number of pyridine rings is 1.